The average molecular weight is 328 g/mol. The highest BCUT2D eigenvalue weighted by Crippen LogP contribution is 2.50. The fourth-order valence-corrected chi connectivity index (χ4v) is 4.90. The molecule has 3 atom stereocenters. The standard InChI is InChI=1S/C19H24N2O3/c1-13-4-6-15(7-5-13)21-10-8-16(17(21)22)20-11-14-3-2-9-19(14,12-20)18(23)24/h4-7,14,16H,2-3,8-12H2,1H3,(H,23,24)/t14-,16?,19+/m0/s1. The Morgan fingerprint density at radius 1 is 1.25 bits per heavy atom. The number of rotatable bonds is 3. The van der Waals surface area contributed by atoms with E-state index in [9.17, 15) is 14.7 Å². The van der Waals surface area contributed by atoms with Gasteiger partial charge >= 0.3 is 5.97 Å². The van der Waals surface area contributed by atoms with Crippen molar-refractivity contribution in [3.63, 3.8) is 0 Å². The molecule has 5 heteroatoms. The first-order valence-electron chi connectivity index (χ1n) is 8.87. The summed E-state index contributed by atoms with van der Waals surface area (Å²) < 4.78 is 0. The number of likely N-dealkylation sites (tertiary alicyclic amines) is 1. The van der Waals surface area contributed by atoms with Crippen molar-refractivity contribution >= 4 is 17.6 Å². The molecule has 1 aliphatic carbocycles. The van der Waals surface area contributed by atoms with Crippen LogP contribution in [0.25, 0.3) is 0 Å². The summed E-state index contributed by atoms with van der Waals surface area (Å²) in [7, 11) is 0. The highest BCUT2D eigenvalue weighted by molar-refractivity contribution is 5.99. The topological polar surface area (TPSA) is 60.9 Å². The van der Waals surface area contributed by atoms with Crippen molar-refractivity contribution in [3.8, 4) is 0 Å². The predicted molar refractivity (Wildman–Crippen MR) is 90.9 cm³/mol. The molecular weight excluding hydrogens is 304 g/mol. The first kappa shape index (κ1) is 15.6. The lowest BCUT2D eigenvalue weighted by Crippen LogP contribution is -2.43. The van der Waals surface area contributed by atoms with Crippen molar-refractivity contribution in [2.45, 2.75) is 38.6 Å². The number of carbonyl (C=O) groups excluding carboxylic acids is 1. The number of carboxylic acid groups (broad SMARTS) is 1. The summed E-state index contributed by atoms with van der Waals surface area (Å²) in [6.45, 7) is 4.04. The first-order chi connectivity index (χ1) is 11.5. The van der Waals surface area contributed by atoms with E-state index >= 15 is 0 Å². The Morgan fingerprint density at radius 2 is 2.00 bits per heavy atom. The van der Waals surface area contributed by atoms with Gasteiger partial charge in [-0.1, -0.05) is 24.1 Å². The van der Waals surface area contributed by atoms with Crippen LogP contribution in [0.2, 0.25) is 0 Å². The van der Waals surface area contributed by atoms with Gasteiger partial charge in [-0.3, -0.25) is 14.5 Å². The fraction of sp³-hybridized carbons (Fsp3) is 0.579. The maximum Gasteiger partial charge on any atom is 0.311 e. The van der Waals surface area contributed by atoms with Gasteiger partial charge < -0.3 is 10.0 Å². The van der Waals surface area contributed by atoms with E-state index in [0.29, 0.717) is 13.1 Å². The summed E-state index contributed by atoms with van der Waals surface area (Å²) in [5, 5.41) is 9.73. The van der Waals surface area contributed by atoms with Crippen molar-refractivity contribution in [3.05, 3.63) is 29.8 Å². The van der Waals surface area contributed by atoms with Gasteiger partial charge in [0.15, 0.2) is 0 Å². The van der Waals surface area contributed by atoms with Gasteiger partial charge in [-0.25, -0.2) is 0 Å². The molecule has 0 spiro atoms. The molecule has 1 saturated carbocycles. The summed E-state index contributed by atoms with van der Waals surface area (Å²) >= 11 is 0. The van der Waals surface area contributed by atoms with Crippen molar-refractivity contribution in [2.75, 3.05) is 24.5 Å². The third kappa shape index (κ3) is 2.25. The molecule has 0 radical (unpaired) electrons. The molecular formula is C19H24N2O3. The molecule has 1 N–H and O–H groups in total. The van der Waals surface area contributed by atoms with Crippen LogP contribution in [0, 0.1) is 18.3 Å². The van der Waals surface area contributed by atoms with Crippen LogP contribution in [-0.2, 0) is 9.59 Å². The molecule has 2 saturated heterocycles. The van der Waals surface area contributed by atoms with Crippen LogP contribution in [-0.4, -0.2) is 47.6 Å². The number of hydrogen-bond donors (Lipinski definition) is 1. The van der Waals surface area contributed by atoms with Crippen molar-refractivity contribution < 1.29 is 14.7 Å². The molecule has 1 unspecified atom stereocenters. The van der Waals surface area contributed by atoms with E-state index in [0.717, 1.165) is 37.9 Å². The van der Waals surface area contributed by atoms with Crippen molar-refractivity contribution in [1.29, 1.82) is 0 Å². The Labute approximate surface area is 142 Å². The normalized spacial score (nSPS) is 33.2. The van der Waals surface area contributed by atoms with Gasteiger partial charge in [0, 0.05) is 25.3 Å². The zero-order valence-electron chi connectivity index (χ0n) is 14.1. The van der Waals surface area contributed by atoms with Crippen LogP contribution >= 0.6 is 0 Å². The second-order valence-corrected chi connectivity index (χ2v) is 7.61. The van der Waals surface area contributed by atoms with E-state index in [1.54, 1.807) is 0 Å². The third-order valence-electron chi connectivity index (χ3n) is 6.29. The van der Waals surface area contributed by atoms with Gasteiger partial charge in [0.05, 0.1) is 11.5 Å². The SMILES string of the molecule is Cc1ccc(N2CCC(N3C[C@@H]4CCC[C@@]4(C(=O)O)C3)C2=O)cc1. The highest BCUT2D eigenvalue weighted by Gasteiger charge is 2.57. The zero-order chi connectivity index (χ0) is 16.9. The molecule has 0 aromatic heterocycles. The van der Waals surface area contributed by atoms with Gasteiger partial charge in [-0.15, -0.1) is 0 Å². The number of carbonyl (C=O) groups is 2. The Kier molecular flexibility index (Phi) is 3.64. The number of nitrogens with zero attached hydrogens (tertiary/aromatic N) is 2. The number of hydrogen-bond acceptors (Lipinski definition) is 3. The fourth-order valence-electron chi connectivity index (χ4n) is 4.90. The predicted octanol–water partition coefficient (Wildman–Crippen LogP) is 2.29. The first-order valence-corrected chi connectivity index (χ1v) is 8.87. The number of carboxylic acids is 1. The Hall–Kier alpha value is -1.88. The summed E-state index contributed by atoms with van der Waals surface area (Å²) in [5.74, 6) is -0.344. The van der Waals surface area contributed by atoms with Crippen LogP contribution in [0.4, 0.5) is 5.69 Å². The molecule has 5 nitrogen and oxygen atoms in total. The number of aliphatic carboxylic acids is 1. The van der Waals surface area contributed by atoms with E-state index in [1.807, 2.05) is 36.1 Å². The summed E-state index contributed by atoms with van der Waals surface area (Å²) in [5.41, 5.74) is 1.51. The monoisotopic (exact) mass is 328 g/mol. The van der Waals surface area contributed by atoms with E-state index in [1.165, 1.54) is 5.56 Å². The maximum absolute atomic E-state index is 12.9. The van der Waals surface area contributed by atoms with Crippen molar-refractivity contribution in [2.24, 2.45) is 11.3 Å². The molecule has 1 amide bonds. The smallest absolute Gasteiger partial charge is 0.311 e. The van der Waals surface area contributed by atoms with Gasteiger partial charge in [0.2, 0.25) is 5.91 Å². The van der Waals surface area contributed by atoms with Crippen molar-refractivity contribution in [1.82, 2.24) is 4.90 Å². The molecule has 3 aliphatic rings. The van der Waals surface area contributed by atoms with Gasteiger partial charge in [-0.05, 0) is 44.2 Å². The van der Waals surface area contributed by atoms with Crippen LogP contribution in [0.3, 0.4) is 0 Å². The van der Waals surface area contributed by atoms with Crippen LogP contribution in [0.15, 0.2) is 24.3 Å². The van der Waals surface area contributed by atoms with E-state index < -0.39 is 11.4 Å². The second-order valence-electron chi connectivity index (χ2n) is 7.61. The Bertz CT molecular complexity index is 672. The number of benzene rings is 1. The lowest BCUT2D eigenvalue weighted by atomic mass is 9.81. The minimum atomic E-state index is -0.673. The van der Waals surface area contributed by atoms with Gasteiger partial charge in [0.25, 0.3) is 0 Å². The van der Waals surface area contributed by atoms with Crippen LogP contribution in [0.5, 0.6) is 0 Å². The molecule has 128 valence electrons. The number of anilines is 1. The minimum Gasteiger partial charge on any atom is -0.481 e. The molecule has 4 rings (SSSR count). The molecule has 1 aromatic rings. The number of amides is 1. The molecule has 0 bridgehead atoms. The maximum atomic E-state index is 12.9. The zero-order valence-corrected chi connectivity index (χ0v) is 14.1. The quantitative estimate of drug-likeness (QED) is 0.925. The lowest BCUT2D eigenvalue weighted by Gasteiger charge is -2.26. The third-order valence-corrected chi connectivity index (χ3v) is 6.29. The van der Waals surface area contributed by atoms with E-state index in [4.69, 9.17) is 0 Å². The highest BCUT2D eigenvalue weighted by atomic mass is 16.4. The summed E-state index contributed by atoms with van der Waals surface area (Å²) in [6, 6.07) is 7.87. The number of fused-ring (bicyclic) bond motifs is 1. The van der Waals surface area contributed by atoms with E-state index in [2.05, 4.69) is 4.90 Å². The largest absolute Gasteiger partial charge is 0.481 e. The molecule has 3 fully saturated rings. The summed E-state index contributed by atoms with van der Waals surface area (Å²) in [4.78, 5) is 28.8. The van der Waals surface area contributed by atoms with Crippen LogP contribution in [0.1, 0.15) is 31.2 Å². The molecule has 2 heterocycles. The Morgan fingerprint density at radius 3 is 2.67 bits per heavy atom. The average Bonchev–Trinajstić information content (AvgIpc) is 3.20. The molecule has 24 heavy (non-hydrogen) atoms. The van der Waals surface area contributed by atoms with E-state index in [-0.39, 0.29) is 17.9 Å². The minimum absolute atomic E-state index is 0.124. The second kappa shape index (κ2) is 5.59. The molecule has 1 aromatic carbocycles. The molecule has 2 aliphatic heterocycles. The number of aryl methyl sites for hydroxylation is 1. The van der Waals surface area contributed by atoms with Crippen LogP contribution < -0.4 is 4.90 Å². The Balaban J connectivity index is 1.51. The van der Waals surface area contributed by atoms with Gasteiger partial charge in [0.1, 0.15) is 0 Å². The lowest BCUT2D eigenvalue weighted by molar-refractivity contribution is -0.149. The van der Waals surface area contributed by atoms with Gasteiger partial charge in [-0.2, -0.15) is 0 Å². The summed E-state index contributed by atoms with van der Waals surface area (Å²) in [6.07, 6.45) is 3.52.